The molecule has 13 heavy (non-hydrogen) atoms. The lowest BCUT2D eigenvalue weighted by Gasteiger charge is -2.20. The van der Waals surface area contributed by atoms with Crippen molar-refractivity contribution in [2.24, 2.45) is 17.1 Å². The van der Waals surface area contributed by atoms with Crippen LogP contribution in [0.5, 0.6) is 0 Å². The van der Waals surface area contributed by atoms with Crippen LogP contribution in [-0.2, 0) is 0 Å². The maximum atomic E-state index is 5.45. The number of nitrogens with two attached hydrogens (primary N) is 1. The van der Waals surface area contributed by atoms with Crippen molar-refractivity contribution in [3.63, 3.8) is 0 Å². The minimum absolute atomic E-state index is 0.396. The molecule has 0 heterocycles. The summed E-state index contributed by atoms with van der Waals surface area (Å²) in [5, 5.41) is 3.49. The number of nitrogens with one attached hydrogen (secondary N) is 1. The first-order valence-corrected chi connectivity index (χ1v) is 5.36. The van der Waals surface area contributed by atoms with Crippen molar-refractivity contribution < 1.29 is 0 Å². The predicted molar refractivity (Wildman–Crippen MR) is 59.8 cm³/mol. The first-order chi connectivity index (χ1) is 5.95. The van der Waals surface area contributed by atoms with Crippen LogP contribution >= 0.6 is 0 Å². The third-order valence-corrected chi connectivity index (χ3v) is 2.05. The third kappa shape index (κ3) is 9.84. The Hall–Kier alpha value is -0.0800. The van der Waals surface area contributed by atoms with E-state index < -0.39 is 0 Å². The van der Waals surface area contributed by atoms with Gasteiger partial charge in [-0.25, -0.2) is 0 Å². The van der Waals surface area contributed by atoms with E-state index in [0.717, 1.165) is 32.0 Å². The van der Waals surface area contributed by atoms with E-state index in [4.69, 9.17) is 5.73 Å². The standard InChI is InChI=1S/C11H26N2/c1-10(6-5-7-12)8-13-9-11(2,3)4/h10,13H,5-9,12H2,1-4H3. The molecule has 2 heteroatoms. The normalized spacial score (nSPS) is 14.5. The summed E-state index contributed by atoms with van der Waals surface area (Å²) in [6.45, 7) is 12.1. The summed E-state index contributed by atoms with van der Waals surface area (Å²) >= 11 is 0. The van der Waals surface area contributed by atoms with Crippen LogP contribution in [0.3, 0.4) is 0 Å². The fourth-order valence-electron chi connectivity index (χ4n) is 1.26. The molecule has 0 aromatic heterocycles. The summed E-state index contributed by atoms with van der Waals surface area (Å²) in [5.74, 6) is 0.755. The van der Waals surface area contributed by atoms with E-state index in [0.29, 0.717) is 5.41 Å². The molecule has 1 atom stereocenters. The van der Waals surface area contributed by atoms with E-state index >= 15 is 0 Å². The smallest absolute Gasteiger partial charge is 0.00000114 e. The highest BCUT2D eigenvalue weighted by Gasteiger charge is 2.09. The van der Waals surface area contributed by atoms with Gasteiger partial charge in [0.15, 0.2) is 0 Å². The van der Waals surface area contributed by atoms with Gasteiger partial charge in [-0.2, -0.15) is 0 Å². The van der Waals surface area contributed by atoms with Crippen LogP contribution in [0.15, 0.2) is 0 Å². The Bertz CT molecular complexity index is 116. The third-order valence-electron chi connectivity index (χ3n) is 2.05. The highest BCUT2D eigenvalue weighted by atomic mass is 14.9. The SMILES string of the molecule is CC(CCCN)CNCC(C)(C)C. The van der Waals surface area contributed by atoms with E-state index in [-0.39, 0.29) is 0 Å². The molecule has 0 spiro atoms. The topological polar surface area (TPSA) is 38.0 Å². The highest BCUT2D eigenvalue weighted by Crippen LogP contribution is 2.11. The van der Waals surface area contributed by atoms with Gasteiger partial charge in [-0.15, -0.1) is 0 Å². The maximum Gasteiger partial charge on any atom is -0.00000114 e. The van der Waals surface area contributed by atoms with Crippen LogP contribution < -0.4 is 11.1 Å². The summed E-state index contributed by atoms with van der Waals surface area (Å²) in [7, 11) is 0. The Kier molecular flexibility index (Phi) is 6.35. The number of rotatable bonds is 6. The summed E-state index contributed by atoms with van der Waals surface area (Å²) in [6.07, 6.45) is 2.39. The first-order valence-electron chi connectivity index (χ1n) is 5.36. The average molecular weight is 186 g/mol. The first kappa shape index (κ1) is 12.9. The van der Waals surface area contributed by atoms with Crippen molar-refractivity contribution in [2.45, 2.75) is 40.5 Å². The molecule has 0 radical (unpaired) electrons. The van der Waals surface area contributed by atoms with E-state index in [1.165, 1.54) is 6.42 Å². The van der Waals surface area contributed by atoms with Gasteiger partial charge < -0.3 is 11.1 Å². The van der Waals surface area contributed by atoms with E-state index in [1.54, 1.807) is 0 Å². The molecule has 0 aliphatic rings. The van der Waals surface area contributed by atoms with Gasteiger partial charge in [0.1, 0.15) is 0 Å². The molecule has 2 nitrogen and oxygen atoms in total. The Morgan fingerprint density at radius 1 is 1.31 bits per heavy atom. The second-order valence-corrected chi connectivity index (χ2v) is 5.23. The summed E-state index contributed by atoms with van der Waals surface area (Å²) in [4.78, 5) is 0. The van der Waals surface area contributed by atoms with Gasteiger partial charge in [-0.3, -0.25) is 0 Å². The zero-order valence-electron chi connectivity index (χ0n) is 9.69. The Morgan fingerprint density at radius 2 is 1.92 bits per heavy atom. The predicted octanol–water partition coefficient (Wildman–Crippen LogP) is 2.00. The number of hydrogen-bond donors (Lipinski definition) is 2. The lowest BCUT2D eigenvalue weighted by molar-refractivity contribution is 0.357. The molecular formula is C11H26N2. The van der Waals surface area contributed by atoms with Crippen molar-refractivity contribution >= 4 is 0 Å². The molecule has 0 rings (SSSR count). The largest absolute Gasteiger partial charge is 0.330 e. The van der Waals surface area contributed by atoms with Gasteiger partial charge in [-0.1, -0.05) is 27.7 Å². The van der Waals surface area contributed by atoms with Crippen LogP contribution in [-0.4, -0.2) is 19.6 Å². The molecule has 80 valence electrons. The summed E-state index contributed by atoms with van der Waals surface area (Å²) < 4.78 is 0. The molecule has 0 aromatic carbocycles. The van der Waals surface area contributed by atoms with Crippen LogP contribution in [0, 0.1) is 11.3 Å². The molecule has 0 fully saturated rings. The quantitative estimate of drug-likeness (QED) is 0.666. The molecule has 0 saturated heterocycles. The minimum Gasteiger partial charge on any atom is -0.330 e. The minimum atomic E-state index is 0.396. The fraction of sp³-hybridized carbons (Fsp3) is 1.00. The second kappa shape index (κ2) is 6.39. The Balaban J connectivity index is 3.31. The zero-order valence-corrected chi connectivity index (χ0v) is 9.69. The summed E-state index contributed by atoms with van der Waals surface area (Å²) in [6, 6.07) is 0. The van der Waals surface area contributed by atoms with Crippen molar-refractivity contribution in [3.8, 4) is 0 Å². The van der Waals surface area contributed by atoms with Crippen LogP contribution in [0.25, 0.3) is 0 Å². The van der Waals surface area contributed by atoms with Crippen molar-refractivity contribution in [1.29, 1.82) is 0 Å². The Labute approximate surface area is 83.3 Å². The van der Waals surface area contributed by atoms with E-state index in [9.17, 15) is 0 Å². The lowest BCUT2D eigenvalue weighted by Crippen LogP contribution is -2.30. The van der Waals surface area contributed by atoms with Crippen LogP contribution in [0.2, 0.25) is 0 Å². The second-order valence-electron chi connectivity index (χ2n) is 5.23. The number of hydrogen-bond acceptors (Lipinski definition) is 2. The van der Waals surface area contributed by atoms with Crippen molar-refractivity contribution in [2.75, 3.05) is 19.6 Å². The van der Waals surface area contributed by atoms with Gasteiger partial charge in [0.2, 0.25) is 0 Å². The molecule has 3 N–H and O–H groups in total. The monoisotopic (exact) mass is 186 g/mol. The van der Waals surface area contributed by atoms with Gasteiger partial charge in [0.05, 0.1) is 0 Å². The van der Waals surface area contributed by atoms with Crippen molar-refractivity contribution in [3.05, 3.63) is 0 Å². The molecule has 0 aromatic rings. The van der Waals surface area contributed by atoms with Gasteiger partial charge in [-0.05, 0) is 43.8 Å². The maximum absolute atomic E-state index is 5.45. The molecule has 0 aliphatic carbocycles. The zero-order chi connectivity index (χ0) is 10.3. The van der Waals surface area contributed by atoms with Crippen LogP contribution in [0.1, 0.15) is 40.5 Å². The van der Waals surface area contributed by atoms with E-state index in [2.05, 4.69) is 33.0 Å². The molecule has 0 bridgehead atoms. The van der Waals surface area contributed by atoms with Crippen LogP contribution in [0.4, 0.5) is 0 Å². The van der Waals surface area contributed by atoms with Gasteiger partial charge in [0, 0.05) is 0 Å². The highest BCUT2D eigenvalue weighted by molar-refractivity contribution is 4.66. The molecule has 0 saturated carbocycles. The van der Waals surface area contributed by atoms with Crippen molar-refractivity contribution in [1.82, 2.24) is 5.32 Å². The molecule has 0 aliphatic heterocycles. The van der Waals surface area contributed by atoms with Gasteiger partial charge >= 0.3 is 0 Å². The lowest BCUT2D eigenvalue weighted by atomic mass is 9.96. The fourth-order valence-corrected chi connectivity index (χ4v) is 1.26. The average Bonchev–Trinajstić information content (AvgIpc) is 1.98. The molecule has 1 unspecified atom stereocenters. The van der Waals surface area contributed by atoms with E-state index in [1.807, 2.05) is 0 Å². The molecule has 0 amide bonds. The van der Waals surface area contributed by atoms with Gasteiger partial charge in [0.25, 0.3) is 0 Å². The summed E-state index contributed by atoms with van der Waals surface area (Å²) in [5.41, 5.74) is 5.85. The Morgan fingerprint density at radius 3 is 2.38 bits per heavy atom. The molecular weight excluding hydrogens is 160 g/mol.